The second kappa shape index (κ2) is 5.68. The Balaban J connectivity index is 2.79. The molecule has 1 atom stereocenters. The molecular weight excluding hydrogens is 202 g/mol. The van der Waals surface area contributed by atoms with Crippen LogP contribution in [0.4, 0.5) is 5.82 Å². The van der Waals surface area contributed by atoms with Gasteiger partial charge in [-0.2, -0.15) is 4.98 Å². The Morgan fingerprint density at radius 2 is 2.00 bits per heavy atom. The zero-order chi connectivity index (χ0) is 12.1. The van der Waals surface area contributed by atoms with Crippen molar-refractivity contribution in [3.8, 4) is 5.88 Å². The van der Waals surface area contributed by atoms with Gasteiger partial charge in [-0.25, -0.2) is 4.98 Å². The van der Waals surface area contributed by atoms with Crippen LogP contribution in [0.1, 0.15) is 33.5 Å². The number of rotatable bonds is 5. The lowest BCUT2D eigenvalue weighted by Crippen LogP contribution is -2.19. The minimum atomic E-state index is 0.156. The van der Waals surface area contributed by atoms with E-state index in [-0.39, 0.29) is 6.10 Å². The number of aromatic nitrogens is 2. The van der Waals surface area contributed by atoms with Crippen LogP contribution in [0.3, 0.4) is 0 Å². The van der Waals surface area contributed by atoms with Crippen LogP contribution >= 0.6 is 0 Å². The Kier molecular flexibility index (Phi) is 4.52. The highest BCUT2D eigenvalue weighted by atomic mass is 16.5. The first-order valence-electron chi connectivity index (χ1n) is 5.79. The number of anilines is 1. The minimum absolute atomic E-state index is 0.156. The lowest BCUT2D eigenvalue weighted by atomic mass is 10.1. The largest absolute Gasteiger partial charge is 0.474 e. The molecule has 0 aliphatic heterocycles. The first-order valence-corrected chi connectivity index (χ1v) is 5.79. The molecule has 1 heterocycles. The van der Waals surface area contributed by atoms with Gasteiger partial charge in [-0.3, -0.25) is 0 Å². The van der Waals surface area contributed by atoms with Gasteiger partial charge in [0, 0.05) is 12.6 Å². The molecule has 0 radical (unpaired) electrons. The highest BCUT2D eigenvalue weighted by molar-refractivity contribution is 5.38. The van der Waals surface area contributed by atoms with Crippen molar-refractivity contribution >= 4 is 5.82 Å². The van der Waals surface area contributed by atoms with Gasteiger partial charge in [0.15, 0.2) is 0 Å². The van der Waals surface area contributed by atoms with Crippen molar-refractivity contribution in [3.05, 3.63) is 11.9 Å². The van der Waals surface area contributed by atoms with Crippen molar-refractivity contribution < 1.29 is 4.74 Å². The molecule has 1 aromatic heterocycles. The number of nitrogens with one attached hydrogen (secondary N) is 1. The summed E-state index contributed by atoms with van der Waals surface area (Å²) in [5.41, 5.74) is 0. The lowest BCUT2D eigenvalue weighted by Gasteiger charge is -2.17. The molecule has 0 bridgehead atoms. The normalized spacial score (nSPS) is 12.6. The first-order chi connectivity index (χ1) is 7.52. The van der Waals surface area contributed by atoms with Gasteiger partial charge in [0.1, 0.15) is 11.6 Å². The number of aryl methyl sites for hydroxylation is 1. The van der Waals surface area contributed by atoms with Crippen LogP contribution in [-0.2, 0) is 0 Å². The van der Waals surface area contributed by atoms with Gasteiger partial charge in [-0.1, -0.05) is 13.8 Å². The van der Waals surface area contributed by atoms with Gasteiger partial charge in [-0.05, 0) is 26.7 Å². The molecule has 0 saturated carbocycles. The zero-order valence-electron chi connectivity index (χ0n) is 10.7. The summed E-state index contributed by atoms with van der Waals surface area (Å²) in [6.45, 7) is 11.1. The van der Waals surface area contributed by atoms with Gasteiger partial charge < -0.3 is 10.1 Å². The fourth-order valence-electron chi connectivity index (χ4n) is 1.20. The number of hydrogen-bond donors (Lipinski definition) is 1. The topological polar surface area (TPSA) is 47.0 Å². The van der Waals surface area contributed by atoms with E-state index >= 15 is 0 Å². The maximum atomic E-state index is 5.75. The van der Waals surface area contributed by atoms with Crippen molar-refractivity contribution in [1.29, 1.82) is 0 Å². The fourth-order valence-corrected chi connectivity index (χ4v) is 1.20. The lowest BCUT2D eigenvalue weighted by molar-refractivity contribution is 0.163. The minimum Gasteiger partial charge on any atom is -0.474 e. The van der Waals surface area contributed by atoms with Crippen molar-refractivity contribution in [2.75, 3.05) is 11.9 Å². The molecule has 1 N–H and O–H groups in total. The van der Waals surface area contributed by atoms with Crippen LogP contribution in [0.25, 0.3) is 0 Å². The maximum Gasteiger partial charge on any atom is 0.218 e. The molecule has 0 amide bonds. The zero-order valence-corrected chi connectivity index (χ0v) is 10.7. The highest BCUT2D eigenvalue weighted by Crippen LogP contribution is 2.16. The van der Waals surface area contributed by atoms with Crippen LogP contribution < -0.4 is 10.1 Å². The van der Waals surface area contributed by atoms with Crippen molar-refractivity contribution in [2.45, 2.75) is 40.7 Å². The predicted molar refractivity (Wildman–Crippen MR) is 65.9 cm³/mol. The molecule has 1 rings (SSSR count). The van der Waals surface area contributed by atoms with E-state index in [0.29, 0.717) is 11.8 Å². The number of nitrogens with zero attached hydrogens (tertiary/aromatic N) is 2. The predicted octanol–water partition coefficient (Wildman–Crippen LogP) is 2.64. The summed E-state index contributed by atoms with van der Waals surface area (Å²) >= 11 is 0. The maximum absolute atomic E-state index is 5.75. The Hall–Kier alpha value is -1.32. The Morgan fingerprint density at radius 3 is 2.56 bits per heavy atom. The average molecular weight is 223 g/mol. The summed E-state index contributed by atoms with van der Waals surface area (Å²) in [6.07, 6.45) is 0.156. The van der Waals surface area contributed by atoms with Gasteiger partial charge in [0.25, 0.3) is 0 Å². The summed E-state index contributed by atoms with van der Waals surface area (Å²) in [5.74, 6) is 2.66. The molecule has 1 unspecified atom stereocenters. The van der Waals surface area contributed by atoms with Gasteiger partial charge >= 0.3 is 0 Å². The van der Waals surface area contributed by atoms with Crippen molar-refractivity contribution in [1.82, 2.24) is 9.97 Å². The molecule has 1 aromatic rings. The fraction of sp³-hybridized carbons (Fsp3) is 0.667. The average Bonchev–Trinajstić information content (AvgIpc) is 2.16. The van der Waals surface area contributed by atoms with E-state index in [1.54, 1.807) is 0 Å². The molecule has 4 nitrogen and oxygen atoms in total. The smallest absolute Gasteiger partial charge is 0.218 e. The Labute approximate surface area is 97.5 Å². The highest BCUT2D eigenvalue weighted by Gasteiger charge is 2.10. The molecular formula is C12H21N3O. The third kappa shape index (κ3) is 3.68. The van der Waals surface area contributed by atoms with E-state index in [9.17, 15) is 0 Å². The van der Waals surface area contributed by atoms with E-state index in [0.717, 1.165) is 18.2 Å². The third-order valence-electron chi connectivity index (χ3n) is 2.42. The van der Waals surface area contributed by atoms with Gasteiger partial charge in [-0.15, -0.1) is 0 Å². The van der Waals surface area contributed by atoms with E-state index in [1.165, 1.54) is 0 Å². The number of hydrogen-bond acceptors (Lipinski definition) is 4. The summed E-state index contributed by atoms with van der Waals surface area (Å²) in [6, 6.07) is 1.84. The third-order valence-corrected chi connectivity index (χ3v) is 2.42. The summed E-state index contributed by atoms with van der Waals surface area (Å²) in [4.78, 5) is 8.54. The molecule has 0 aliphatic rings. The van der Waals surface area contributed by atoms with Crippen LogP contribution in [0, 0.1) is 12.8 Å². The molecule has 0 saturated heterocycles. The van der Waals surface area contributed by atoms with E-state index in [1.807, 2.05) is 19.9 Å². The van der Waals surface area contributed by atoms with Gasteiger partial charge in [0.2, 0.25) is 5.88 Å². The second-order valence-electron chi connectivity index (χ2n) is 4.24. The number of ether oxygens (including phenoxy) is 1. The molecule has 0 aromatic carbocycles. The monoisotopic (exact) mass is 223 g/mol. The van der Waals surface area contributed by atoms with Crippen LogP contribution in [0.2, 0.25) is 0 Å². The van der Waals surface area contributed by atoms with Crippen LogP contribution in [-0.4, -0.2) is 22.6 Å². The van der Waals surface area contributed by atoms with Crippen LogP contribution in [0.15, 0.2) is 6.07 Å². The van der Waals surface area contributed by atoms with E-state index < -0.39 is 0 Å². The van der Waals surface area contributed by atoms with Crippen molar-refractivity contribution in [2.24, 2.45) is 5.92 Å². The summed E-state index contributed by atoms with van der Waals surface area (Å²) in [7, 11) is 0. The SMILES string of the molecule is CCNc1cc(OC(C)C(C)C)nc(C)n1. The standard InChI is InChI=1S/C12H21N3O/c1-6-13-11-7-12(15-10(5)14-11)16-9(4)8(2)3/h7-9H,6H2,1-5H3,(H,13,14,15). The molecule has 4 heteroatoms. The summed E-state index contributed by atoms with van der Waals surface area (Å²) in [5, 5.41) is 3.16. The quantitative estimate of drug-likeness (QED) is 0.833. The molecule has 0 aliphatic carbocycles. The molecule has 0 spiro atoms. The van der Waals surface area contributed by atoms with E-state index in [4.69, 9.17) is 4.74 Å². The van der Waals surface area contributed by atoms with Gasteiger partial charge in [0.05, 0.1) is 6.10 Å². The summed E-state index contributed by atoms with van der Waals surface area (Å²) < 4.78 is 5.75. The molecule has 16 heavy (non-hydrogen) atoms. The van der Waals surface area contributed by atoms with E-state index in [2.05, 4.69) is 36.1 Å². The Morgan fingerprint density at radius 1 is 1.31 bits per heavy atom. The van der Waals surface area contributed by atoms with Crippen molar-refractivity contribution in [3.63, 3.8) is 0 Å². The second-order valence-corrected chi connectivity index (χ2v) is 4.24. The first kappa shape index (κ1) is 12.7. The Bertz CT molecular complexity index is 339. The molecule has 90 valence electrons. The van der Waals surface area contributed by atoms with Crippen LogP contribution in [0.5, 0.6) is 5.88 Å². The molecule has 0 fully saturated rings.